The van der Waals surface area contributed by atoms with Gasteiger partial charge in [-0.15, -0.1) is 0 Å². The predicted octanol–water partition coefficient (Wildman–Crippen LogP) is 1.60. The highest BCUT2D eigenvalue weighted by Crippen LogP contribution is 2.12. The lowest BCUT2D eigenvalue weighted by Crippen LogP contribution is -2.44. The summed E-state index contributed by atoms with van der Waals surface area (Å²) in [7, 11) is 0. The minimum atomic E-state index is -0.998. The maximum atomic E-state index is 13.6. The van der Waals surface area contributed by atoms with Crippen molar-refractivity contribution in [2.75, 3.05) is 13.1 Å². The van der Waals surface area contributed by atoms with Crippen molar-refractivity contribution >= 4 is 6.09 Å². The summed E-state index contributed by atoms with van der Waals surface area (Å²) in [6.07, 6.45) is -0.509. The van der Waals surface area contributed by atoms with Crippen molar-refractivity contribution in [2.24, 2.45) is 0 Å². The first-order valence-corrected chi connectivity index (χ1v) is 5.73. The second-order valence-corrected chi connectivity index (χ2v) is 5.10. The number of amides is 1. The smallest absolute Gasteiger partial charge is 0.407 e. The highest BCUT2D eigenvalue weighted by atomic mass is 19.1. The molecule has 1 saturated heterocycles. The fourth-order valence-electron chi connectivity index (χ4n) is 1.63. The van der Waals surface area contributed by atoms with Crippen LogP contribution in [0.1, 0.15) is 33.6 Å². The number of alkyl carbamates (subject to hydrolysis) is 1. The van der Waals surface area contributed by atoms with Crippen LogP contribution in [0.4, 0.5) is 9.18 Å². The molecule has 2 atom stereocenters. The number of carbonyl (C=O) groups excluding carboxylic acids is 1. The molecule has 5 heteroatoms. The molecule has 0 aromatic rings. The van der Waals surface area contributed by atoms with Crippen LogP contribution in [0, 0.1) is 0 Å². The van der Waals surface area contributed by atoms with Crippen molar-refractivity contribution in [3.63, 3.8) is 0 Å². The zero-order valence-electron chi connectivity index (χ0n) is 10.2. The molecule has 1 heterocycles. The maximum absolute atomic E-state index is 13.6. The number of nitrogens with one attached hydrogen (secondary N) is 2. The number of ether oxygens (including phenoxy) is 1. The standard InChI is InChI=1S/C11H21FN2O2/c1-11(2,3)16-10(15)14-9-5-7-13-6-4-8(9)12/h8-9,13H,4-7H2,1-3H3,(H,14,15)/t8-,9-/m0/s1. The van der Waals surface area contributed by atoms with E-state index in [0.29, 0.717) is 19.4 Å². The lowest BCUT2D eigenvalue weighted by molar-refractivity contribution is 0.0472. The quantitative estimate of drug-likeness (QED) is 0.722. The molecular formula is C11H21FN2O2. The number of carbonyl (C=O) groups is 1. The van der Waals surface area contributed by atoms with Gasteiger partial charge in [0.15, 0.2) is 0 Å². The molecule has 16 heavy (non-hydrogen) atoms. The van der Waals surface area contributed by atoms with E-state index < -0.39 is 23.9 Å². The molecule has 1 aliphatic heterocycles. The zero-order valence-corrected chi connectivity index (χ0v) is 10.2. The van der Waals surface area contributed by atoms with E-state index in [1.807, 2.05) is 0 Å². The molecular weight excluding hydrogens is 211 g/mol. The Labute approximate surface area is 95.9 Å². The van der Waals surface area contributed by atoms with Crippen LogP contribution in [0.15, 0.2) is 0 Å². The van der Waals surface area contributed by atoms with E-state index in [0.717, 1.165) is 6.54 Å². The van der Waals surface area contributed by atoms with E-state index in [9.17, 15) is 9.18 Å². The third kappa shape index (κ3) is 4.79. The lowest BCUT2D eigenvalue weighted by atomic mass is 10.1. The van der Waals surface area contributed by atoms with Crippen molar-refractivity contribution in [1.82, 2.24) is 10.6 Å². The molecule has 94 valence electrons. The van der Waals surface area contributed by atoms with Gasteiger partial charge < -0.3 is 15.4 Å². The van der Waals surface area contributed by atoms with Crippen LogP contribution in [-0.2, 0) is 4.74 Å². The third-order valence-corrected chi connectivity index (χ3v) is 2.37. The molecule has 1 amide bonds. The molecule has 0 aromatic carbocycles. The molecule has 0 aromatic heterocycles. The highest BCUT2D eigenvalue weighted by Gasteiger charge is 2.26. The molecule has 0 unspecified atom stereocenters. The summed E-state index contributed by atoms with van der Waals surface area (Å²) in [4.78, 5) is 11.5. The second-order valence-electron chi connectivity index (χ2n) is 5.10. The summed E-state index contributed by atoms with van der Waals surface area (Å²) in [5.74, 6) is 0. The van der Waals surface area contributed by atoms with Gasteiger partial charge in [0.2, 0.25) is 0 Å². The van der Waals surface area contributed by atoms with E-state index in [2.05, 4.69) is 10.6 Å². The highest BCUT2D eigenvalue weighted by molar-refractivity contribution is 5.68. The molecule has 0 saturated carbocycles. The SMILES string of the molecule is CC(C)(C)OC(=O)N[C@H]1CCNCC[C@@H]1F. The van der Waals surface area contributed by atoms with Gasteiger partial charge in [-0.2, -0.15) is 0 Å². The summed E-state index contributed by atoms with van der Waals surface area (Å²) < 4.78 is 18.7. The van der Waals surface area contributed by atoms with Crippen LogP contribution >= 0.6 is 0 Å². The van der Waals surface area contributed by atoms with Crippen LogP contribution < -0.4 is 10.6 Å². The van der Waals surface area contributed by atoms with E-state index in [4.69, 9.17) is 4.74 Å². The molecule has 4 nitrogen and oxygen atoms in total. The third-order valence-electron chi connectivity index (χ3n) is 2.37. The fourth-order valence-corrected chi connectivity index (χ4v) is 1.63. The largest absolute Gasteiger partial charge is 0.444 e. The van der Waals surface area contributed by atoms with Gasteiger partial charge in [0.25, 0.3) is 0 Å². The molecule has 1 aliphatic rings. The van der Waals surface area contributed by atoms with Gasteiger partial charge in [0, 0.05) is 0 Å². The van der Waals surface area contributed by atoms with Crippen molar-refractivity contribution in [2.45, 2.75) is 51.4 Å². The average molecular weight is 232 g/mol. The van der Waals surface area contributed by atoms with Crippen LogP contribution in [0.3, 0.4) is 0 Å². The van der Waals surface area contributed by atoms with Crippen LogP contribution in [0.25, 0.3) is 0 Å². The second kappa shape index (κ2) is 5.48. The summed E-state index contributed by atoms with van der Waals surface area (Å²) in [6.45, 7) is 6.74. The van der Waals surface area contributed by atoms with Crippen LogP contribution in [-0.4, -0.2) is 37.0 Å². The van der Waals surface area contributed by atoms with E-state index in [1.54, 1.807) is 20.8 Å². The van der Waals surface area contributed by atoms with Gasteiger partial charge in [-0.25, -0.2) is 9.18 Å². The number of rotatable bonds is 1. The first-order valence-electron chi connectivity index (χ1n) is 5.73. The van der Waals surface area contributed by atoms with Crippen LogP contribution in [0.5, 0.6) is 0 Å². The molecule has 0 bridgehead atoms. The number of hydrogen-bond acceptors (Lipinski definition) is 3. The Hall–Kier alpha value is -0.840. The molecule has 0 aliphatic carbocycles. The number of alkyl halides is 1. The molecule has 1 fully saturated rings. The van der Waals surface area contributed by atoms with E-state index >= 15 is 0 Å². The van der Waals surface area contributed by atoms with Gasteiger partial charge in [-0.1, -0.05) is 0 Å². The summed E-state index contributed by atoms with van der Waals surface area (Å²) >= 11 is 0. The molecule has 0 radical (unpaired) electrons. The first-order chi connectivity index (χ1) is 7.38. The van der Waals surface area contributed by atoms with Gasteiger partial charge in [-0.3, -0.25) is 0 Å². The number of halogens is 1. The summed E-state index contributed by atoms with van der Waals surface area (Å²) in [5, 5.41) is 5.69. The van der Waals surface area contributed by atoms with Gasteiger partial charge in [-0.05, 0) is 46.7 Å². The van der Waals surface area contributed by atoms with Crippen molar-refractivity contribution in [3.05, 3.63) is 0 Å². The van der Waals surface area contributed by atoms with Crippen molar-refractivity contribution in [3.8, 4) is 0 Å². The average Bonchev–Trinajstić information content (AvgIpc) is 2.29. The normalized spacial score (nSPS) is 27.0. The van der Waals surface area contributed by atoms with Gasteiger partial charge >= 0.3 is 6.09 Å². The molecule has 0 spiro atoms. The van der Waals surface area contributed by atoms with Crippen LogP contribution in [0.2, 0.25) is 0 Å². The summed E-state index contributed by atoms with van der Waals surface area (Å²) in [5.41, 5.74) is -0.543. The Morgan fingerprint density at radius 1 is 1.38 bits per heavy atom. The minimum absolute atomic E-state index is 0.431. The van der Waals surface area contributed by atoms with Crippen molar-refractivity contribution < 1.29 is 13.9 Å². The van der Waals surface area contributed by atoms with Crippen molar-refractivity contribution in [1.29, 1.82) is 0 Å². The zero-order chi connectivity index (χ0) is 12.2. The summed E-state index contributed by atoms with van der Waals surface area (Å²) in [6, 6.07) is -0.440. The number of hydrogen-bond donors (Lipinski definition) is 2. The maximum Gasteiger partial charge on any atom is 0.407 e. The Balaban J connectivity index is 2.42. The first kappa shape index (κ1) is 13.2. The predicted molar refractivity (Wildman–Crippen MR) is 60.2 cm³/mol. The monoisotopic (exact) mass is 232 g/mol. The fraction of sp³-hybridized carbons (Fsp3) is 0.909. The Bertz CT molecular complexity index is 241. The van der Waals surface area contributed by atoms with Gasteiger partial charge in [0.05, 0.1) is 6.04 Å². The topological polar surface area (TPSA) is 50.4 Å². The van der Waals surface area contributed by atoms with E-state index in [-0.39, 0.29) is 0 Å². The van der Waals surface area contributed by atoms with Gasteiger partial charge in [0.1, 0.15) is 11.8 Å². The Kier molecular flexibility index (Phi) is 4.53. The molecule has 2 N–H and O–H groups in total. The Morgan fingerprint density at radius 2 is 2.00 bits per heavy atom. The lowest BCUT2D eigenvalue weighted by Gasteiger charge is -2.24. The van der Waals surface area contributed by atoms with E-state index in [1.165, 1.54) is 0 Å². The minimum Gasteiger partial charge on any atom is -0.444 e. The molecule has 1 rings (SSSR count). The Morgan fingerprint density at radius 3 is 2.62 bits per heavy atom.